The van der Waals surface area contributed by atoms with E-state index in [0.717, 1.165) is 0 Å². The molecule has 8 heteroatoms. The molecule has 17 heavy (non-hydrogen) atoms. The molecular weight excluding hydrogens is 350 g/mol. The normalized spacial score (nSPS) is 11.1. The molecule has 0 unspecified atom stereocenters. The number of hydrogen-bond acceptors (Lipinski definition) is 4. The molecule has 0 aromatic carbocycles. The molecular formula is C9H7F3IN3O. The maximum absolute atomic E-state index is 12.1. The number of nitrogens with two attached hydrogens (primary N) is 1. The van der Waals surface area contributed by atoms with Crippen LogP contribution in [0.3, 0.4) is 0 Å². The largest absolute Gasteiger partial charge is 0.574 e. The van der Waals surface area contributed by atoms with E-state index in [2.05, 4.69) is 9.72 Å². The molecule has 0 radical (unpaired) electrons. The van der Waals surface area contributed by atoms with Crippen molar-refractivity contribution in [2.24, 2.45) is 5.73 Å². The van der Waals surface area contributed by atoms with Gasteiger partial charge in [0.2, 0.25) is 5.88 Å². The van der Waals surface area contributed by atoms with Crippen LogP contribution in [-0.4, -0.2) is 11.3 Å². The van der Waals surface area contributed by atoms with E-state index in [1.807, 2.05) is 6.07 Å². The Bertz CT molecular complexity index is 456. The SMILES string of the molecule is N#CCc1nc(OC(F)(F)F)c(I)cc1CN. The van der Waals surface area contributed by atoms with Gasteiger partial charge >= 0.3 is 6.36 Å². The van der Waals surface area contributed by atoms with Crippen molar-refractivity contribution in [2.75, 3.05) is 0 Å². The highest BCUT2D eigenvalue weighted by Gasteiger charge is 2.33. The summed E-state index contributed by atoms with van der Waals surface area (Å²) in [6.45, 7) is 0.103. The van der Waals surface area contributed by atoms with Crippen molar-refractivity contribution in [3.8, 4) is 11.9 Å². The summed E-state index contributed by atoms with van der Waals surface area (Å²) in [6, 6.07) is 3.24. The molecule has 0 spiro atoms. The van der Waals surface area contributed by atoms with Crippen LogP contribution in [0.25, 0.3) is 0 Å². The summed E-state index contributed by atoms with van der Waals surface area (Å²) in [5.74, 6) is -0.555. The van der Waals surface area contributed by atoms with Gasteiger partial charge in [-0.25, -0.2) is 4.98 Å². The lowest BCUT2D eigenvalue weighted by Crippen LogP contribution is -2.19. The molecule has 1 rings (SSSR count). The summed E-state index contributed by atoms with van der Waals surface area (Å²) in [5.41, 5.74) is 6.15. The number of rotatable bonds is 3. The first-order valence-corrected chi connectivity index (χ1v) is 5.46. The smallest absolute Gasteiger partial charge is 0.387 e. The second-order valence-electron chi connectivity index (χ2n) is 2.97. The van der Waals surface area contributed by atoms with E-state index in [4.69, 9.17) is 11.0 Å². The lowest BCUT2D eigenvalue weighted by molar-refractivity contribution is -0.276. The monoisotopic (exact) mass is 357 g/mol. The highest BCUT2D eigenvalue weighted by atomic mass is 127. The Morgan fingerprint density at radius 1 is 1.53 bits per heavy atom. The van der Waals surface area contributed by atoms with Gasteiger partial charge in [-0.2, -0.15) is 5.26 Å². The Labute approximate surface area is 109 Å². The number of halogens is 4. The van der Waals surface area contributed by atoms with Crippen LogP contribution in [0.15, 0.2) is 6.07 Å². The van der Waals surface area contributed by atoms with E-state index in [0.29, 0.717) is 5.56 Å². The van der Waals surface area contributed by atoms with E-state index in [-0.39, 0.29) is 22.2 Å². The maximum Gasteiger partial charge on any atom is 0.574 e. The molecule has 2 N–H and O–H groups in total. The van der Waals surface area contributed by atoms with Crippen LogP contribution >= 0.6 is 22.6 Å². The van der Waals surface area contributed by atoms with Crippen molar-refractivity contribution < 1.29 is 17.9 Å². The van der Waals surface area contributed by atoms with Gasteiger partial charge in [0.05, 0.1) is 21.8 Å². The zero-order valence-corrected chi connectivity index (χ0v) is 10.5. The van der Waals surface area contributed by atoms with Gasteiger partial charge in [-0.3, -0.25) is 0 Å². The topological polar surface area (TPSA) is 71.9 Å². The second-order valence-corrected chi connectivity index (χ2v) is 4.13. The zero-order chi connectivity index (χ0) is 13.1. The minimum Gasteiger partial charge on any atom is -0.387 e. The Morgan fingerprint density at radius 2 is 2.18 bits per heavy atom. The molecule has 0 aliphatic heterocycles. The first-order valence-electron chi connectivity index (χ1n) is 4.38. The van der Waals surface area contributed by atoms with Crippen molar-refractivity contribution in [2.45, 2.75) is 19.3 Å². The highest BCUT2D eigenvalue weighted by molar-refractivity contribution is 14.1. The summed E-state index contributed by atoms with van der Waals surface area (Å²) in [4.78, 5) is 3.67. The minimum atomic E-state index is -4.80. The predicted octanol–water partition coefficient (Wildman–Crippen LogP) is 2.11. The first kappa shape index (κ1) is 14.0. The van der Waals surface area contributed by atoms with Crippen LogP contribution in [-0.2, 0) is 13.0 Å². The molecule has 92 valence electrons. The number of ether oxygens (including phenoxy) is 1. The molecule has 0 aliphatic carbocycles. The van der Waals surface area contributed by atoms with Crippen molar-refractivity contribution >= 4 is 22.6 Å². The van der Waals surface area contributed by atoms with Crippen LogP contribution in [0, 0.1) is 14.9 Å². The van der Waals surface area contributed by atoms with E-state index < -0.39 is 12.2 Å². The maximum atomic E-state index is 12.1. The molecule has 4 nitrogen and oxygen atoms in total. The predicted molar refractivity (Wildman–Crippen MR) is 60.8 cm³/mol. The molecule has 0 amide bonds. The van der Waals surface area contributed by atoms with Gasteiger partial charge in [-0.1, -0.05) is 0 Å². The fraction of sp³-hybridized carbons (Fsp3) is 0.333. The van der Waals surface area contributed by atoms with Crippen LogP contribution in [0.1, 0.15) is 11.3 Å². The van der Waals surface area contributed by atoms with Crippen molar-refractivity contribution in [1.29, 1.82) is 5.26 Å². The third kappa shape index (κ3) is 4.01. The number of hydrogen-bond donors (Lipinski definition) is 1. The van der Waals surface area contributed by atoms with Crippen molar-refractivity contribution in [1.82, 2.24) is 4.98 Å². The van der Waals surface area contributed by atoms with Gasteiger partial charge in [0.15, 0.2) is 0 Å². The number of aromatic nitrogens is 1. The zero-order valence-electron chi connectivity index (χ0n) is 8.38. The lowest BCUT2D eigenvalue weighted by Gasteiger charge is -2.12. The summed E-state index contributed by atoms with van der Waals surface area (Å²) in [6.07, 6.45) is -4.92. The Kier molecular flexibility index (Phi) is 4.53. The third-order valence-electron chi connectivity index (χ3n) is 1.79. The first-order chi connectivity index (χ1) is 7.87. The van der Waals surface area contributed by atoms with Gasteiger partial charge in [-0.05, 0) is 34.2 Å². The van der Waals surface area contributed by atoms with Crippen LogP contribution < -0.4 is 10.5 Å². The second kappa shape index (κ2) is 5.50. The quantitative estimate of drug-likeness (QED) is 0.842. The van der Waals surface area contributed by atoms with E-state index in [1.165, 1.54) is 6.07 Å². The van der Waals surface area contributed by atoms with Crippen LogP contribution in [0.2, 0.25) is 0 Å². The number of nitrogens with zero attached hydrogens (tertiary/aromatic N) is 2. The Balaban J connectivity index is 3.16. The fourth-order valence-electron chi connectivity index (χ4n) is 1.13. The van der Waals surface area contributed by atoms with Gasteiger partial charge < -0.3 is 10.5 Å². The molecule has 0 aliphatic rings. The van der Waals surface area contributed by atoms with Gasteiger partial charge in [-0.15, -0.1) is 13.2 Å². The number of alkyl halides is 3. The van der Waals surface area contributed by atoms with Gasteiger partial charge in [0, 0.05) is 6.54 Å². The summed E-state index contributed by atoms with van der Waals surface area (Å²) >= 11 is 1.67. The van der Waals surface area contributed by atoms with Crippen molar-refractivity contribution in [3.63, 3.8) is 0 Å². The Hall–Kier alpha value is -1.08. The molecule has 0 saturated heterocycles. The molecule has 0 fully saturated rings. The molecule has 1 heterocycles. The molecule has 0 saturated carbocycles. The molecule has 0 atom stereocenters. The van der Waals surface area contributed by atoms with E-state index >= 15 is 0 Å². The average Bonchev–Trinajstić information content (AvgIpc) is 2.21. The summed E-state index contributed by atoms with van der Waals surface area (Å²) in [5, 5.41) is 8.54. The van der Waals surface area contributed by atoms with Gasteiger partial charge in [0.25, 0.3) is 0 Å². The average molecular weight is 357 g/mol. The van der Waals surface area contributed by atoms with E-state index in [9.17, 15) is 13.2 Å². The van der Waals surface area contributed by atoms with Crippen LogP contribution in [0.4, 0.5) is 13.2 Å². The number of pyridine rings is 1. The standard InChI is InChI=1S/C9H7F3IN3O/c10-9(11,12)17-8-6(13)3-5(4-15)7(16-8)1-2-14/h3H,1,4,15H2. The third-order valence-corrected chi connectivity index (χ3v) is 2.56. The minimum absolute atomic E-state index is 0.103. The Morgan fingerprint density at radius 3 is 2.65 bits per heavy atom. The molecule has 1 aromatic heterocycles. The summed E-state index contributed by atoms with van der Waals surface area (Å²) in [7, 11) is 0. The van der Waals surface area contributed by atoms with Crippen molar-refractivity contribution in [3.05, 3.63) is 20.9 Å². The molecule has 0 bridgehead atoms. The lowest BCUT2D eigenvalue weighted by atomic mass is 10.1. The molecule has 1 aromatic rings. The number of nitriles is 1. The van der Waals surface area contributed by atoms with Gasteiger partial charge in [0.1, 0.15) is 0 Å². The van der Waals surface area contributed by atoms with Crippen LogP contribution in [0.5, 0.6) is 5.88 Å². The summed E-state index contributed by atoms with van der Waals surface area (Å²) < 4.78 is 40.1. The van der Waals surface area contributed by atoms with E-state index in [1.54, 1.807) is 22.6 Å². The fourth-order valence-corrected chi connectivity index (χ4v) is 1.74. The highest BCUT2D eigenvalue weighted by Crippen LogP contribution is 2.27.